The summed E-state index contributed by atoms with van der Waals surface area (Å²) in [6, 6.07) is 0. The molecule has 1 radical (unpaired) electrons. The molecule has 0 aromatic rings. The van der Waals surface area contributed by atoms with Crippen LogP contribution in [0.5, 0.6) is 0 Å². The average Bonchev–Trinajstić information content (AvgIpc) is 0.918. The molecule has 3 nitrogen and oxygen atoms in total. The van der Waals surface area contributed by atoms with Gasteiger partial charge in [0, 0.05) is 32.7 Å². The van der Waals surface area contributed by atoms with Gasteiger partial charge in [-0.1, -0.05) is 0 Å². The van der Waals surface area contributed by atoms with Gasteiger partial charge in [-0.25, -0.2) is 0 Å². The van der Waals surface area contributed by atoms with Crippen LogP contribution in [-0.2, 0) is 32.7 Å². The number of nitrogens with one attached hydrogen (secondary N) is 1. The molecule has 4 heteroatoms. The second-order valence-corrected chi connectivity index (χ2v) is 0.158. The van der Waals surface area contributed by atoms with Gasteiger partial charge in [-0.15, -0.1) is 0 Å². The smallest absolute Gasteiger partial charge is 0 e. The Kier molecular flexibility index (Phi) is 67.1. The van der Waals surface area contributed by atoms with Crippen LogP contribution in [-0.4, -0.2) is 11.8 Å². The van der Waals surface area contributed by atoms with Crippen LogP contribution in [0.1, 0.15) is 0 Å². The van der Waals surface area contributed by atoms with Gasteiger partial charge in [0.25, 0.3) is 0 Å². The third-order valence-corrected chi connectivity index (χ3v) is 0. The maximum atomic E-state index is 7.24. The van der Waals surface area contributed by atoms with E-state index >= 15 is 0 Å². The molecular weight excluding hydrogens is 145 g/mol. The Morgan fingerprint density at radius 2 is 1.60 bits per heavy atom. The van der Waals surface area contributed by atoms with Crippen LogP contribution >= 0.6 is 0 Å². The Morgan fingerprint density at radius 3 is 1.60 bits per heavy atom. The molecular formula is CH6N2OY-2. The molecule has 4 N–H and O–H groups in total. The molecule has 0 aliphatic heterocycles. The Labute approximate surface area is 56.4 Å². The zero-order valence-corrected chi connectivity index (χ0v) is 5.65. The summed E-state index contributed by atoms with van der Waals surface area (Å²) in [6.45, 7) is -0.500. The van der Waals surface area contributed by atoms with Crippen molar-refractivity contribution in [2.45, 2.75) is 0 Å². The Morgan fingerprint density at radius 1 is 1.60 bits per heavy atom. The summed E-state index contributed by atoms with van der Waals surface area (Å²) in [6.07, 6.45) is 0. The van der Waals surface area contributed by atoms with E-state index < -0.39 is 6.73 Å². The molecule has 0 aliphatic carbocycles. The van der Waals surface area contributed by atoms with Gasteiger partial charge in [0.05, 0.1) is 0 Å². The predicted molar refractivity (Wildman–Crippen MR) is 16.7 cm³/mol. The van der Waals surface area contributed by atoms with E-state index in [1.165, 1.54) is 0 Å². The summed E-state index contributed by atoms with van der Waals surface area (Å²) in [7, 11) is 0. The molecule has 0 bridgehead atoms. The van der Waals surface area contributed by atoms with Gasteiger partial charge in [-0.2, -0.15) is 0 Å². The van der Waals surface area contributed by atoms with Crippen molar-refractivity contribution in [2.24, 2.45) is 0 Å². The topological polar surface area (TPSA) is 77.5 Å². The van der Waals surface area contributed by atoms with Crippen LogP contribution in [0.25, 0.3) is 11.9 Å². The van der Waals surface area contributed by atoms with Crippen LogP contribution < -0.4 is 0 Å². The second-order valence-electron chi connectivity index (χ2n) is 0.158. The van der Waals surface area contributed by atoms with Crippen LogP contribution in [0.4, 0.5) is 0 Å². The van der Waals surface area contributed by atoms with E-state index in [0.29, 0.717) is 0 Å². The van der Waals surface area contributed by atoms with Gasteiger partial charge in [-0.05, 0) is 6.73 Å². The van der Waals surface area contributed by atoms with Crippen molar-refractivity contribution < 1.29 is 37.8 Å². The molecule has 0 spiro atoms. The first-order valence-electron chi connectivity index (χ1n) is 0.670. The van der Waals surface area contributed by atoms with E-state index in [0.717, 1.165) is 0 Å². The second kappa shape index (κ2) is 20.1. The zero-order valence-electron chi connectivity index (χ0n) is 2.81. The summed E-state index contributed by atoms with van der Waals surface area (Å²) in [5.74, 6) is 0. The summed E-state index contributed by atoms with van der Waals surface area (Å²) in [5.41, 5.74) is 5.76. The summed E-state index contributed by atoms with van der Waals surface area (Å²) in [5, 5.41) is 7.24. The molecule has 0 aromatic heterocycles. The van der Waals surface area contributed by atoms with Gasteiger partial charge < -0.3 is 17.0 Å². The molecule has 0 saturated carbocycles. The molecule has 0 saturated heterocycles. The number of aliphatic hydroxyl groups excluding tert-OH is 1. The Hall–Kier alpha value is 0.984. The minimum Gasteiger partial charge on any atom is -0.693 e. The first kappa shape index (κ1) is 16.7. The average molecular weight is 151 g/mol. The Balaban J connectivity index is -0.0000000200. The monoisotopic (exact) mass is 151 g/mol. The molecule has 0 rings (SSSR count). The predicted octanol–water partition coefficient (Wildman–Crippen LogP) is 0.703. The van der Waals surface area contributed by atoms with Gasteiger partial charge in [-0.3, -0.25) is 0 Å². The van der Waals surface area contributed by atoms with E-state index in [1.54, 1.807) is 0 Å². The molecule has 0 aromatic carbocycles. The van der Waals surface area contributed by atoms with Crippen LogP contribution in [0.2, 0.25) is 0 Å². The number of rotatable bonds is 0. The van der Waals surface area contributed by atoms with E-state index in [-0.39, 0.29) is 38.9 Å². The van der Waals surface area contributed by atoms with Crippen molar-refractivity contribution in [3.63, 3.8) is 0 Å². The molecule has 0 unspecified atom stereocenters. The number of hydrogen-bond acceptors (Lipinski definition) is 1. The molecule has 5 heavy (non-hydrogen) atoms. The molecule has 0 aliphatic rings. The molecule has 0 fully saturated rings. The van der Waals surface area contributed by atoms with E-state index in [2.05, 4.69) is 0 Å². The zero-order chi connectivity index (χ0) is 2.71. The van der Waals surface area contributed by atoms with Crippen molar-refractivity contribution in [1.29, 1.82) is 0 Å². The molecule has 31 valence electrons. The minimum atomic E-state index is -0.500. The maximum absolute atomic E-state index is 7.24. The summed E-state index contributed by atoms with van der Waals surface area (Å²) >= 11 is 0. The standard InChI is InChI=1S/CH4NO.H2N.Y/c2-1-3;;/h2-3H,1H2;1H2;/q2*-1;. The van der Waals surface area contributed by atoms with Gasteiger partial charge in [0.2, 0.25) is 0 Å². The van der Waals surface area contributed by atoms with Crippen molar-refractivity contribution >= 4 is 0 Å². The van der Waals surface area contributed by atoms with E-state index in [1.807, 2.05) is 0 Å². The Bertz CT molecular complexity index is 9.61. The maximum Gasteiger partial charge on any atom is 0 e. The van der Waals surface area contributed by atoms with Crippen molar-refractivity contribution in [3.05, 3.63) is 11.9 Å². The fourth-order valence-corrected chi connectivity index (χ4v) is 0. The van der Waals surface area contributed by atoms with E-state index in [4.69, 9.17) is 10.8 Å². The number of hydrogen-bond donors (Lipinski definition) is 1. The van der Waals surface area contributed by atoms with Crippen molar-refractivity contribution in [2.75, 3.05) is 6.73 Å². The van der Waals surface area contributed by atoms with Crippen LogP contribution in [0.15, 0.2) is 0 Å². The SMILES string of the molecule is [NH-]CO.[NH2-].[Y]. The summed E-state index contributed by atoms with van der Waals surface area (Å²) < 4.78 is 0. The van der Waals surface area contributed by atoms with E-state index in [9.17, 15) is 0 Å². The number of aliphatic hydroxyl groups is 1. The van der Waals surface area contributed by atoms with Crippen molar-refractivity contribution in [3.8, 4) is 0 Å². The first-order chi connectivity index (χ1) is 1.41. The van der Waals surface area contributed by atoms with Gasteiger partial charge >= 0.3 is 0 Å². The summed E-state index contributed by atoms with van der Waals surface area (Å²) in [4.78, 5) is 0. The van der Waals surface area contributed by atoms with Crippen LogP contribution in [0.3, 0.4) is 0 Å². The molecule has 0 amide bonds. The normalized spacial score (nSPS) is 3.60. The third-order valence-electron chi connectivity index (χ3n) is 0. The minimum absolute atomic E-state index is 0. The van der Waals surface area contributed by atoms with Crippen LogP contribution in [0, 0.1) is 0 Å². The van der Waals surface area contributed by atoms with Gasteiger partial charge in [0.15, 0.2) is 0 Å². The molecule has 0 heterocycles. The number of nitrogens with two attached hydrogens (primary N) is 1. The fraction of sp³-hybridized carbons (Fsp3) is 1.00. The largest absolute Gasteiger partial charge is 0.693 e. The molecule has 0 atom stereocenters. The van der Waals surface area contributed by atoms with Crippen molar-refractivity contribution in [1.82, 2.24) is 0 Å². The third kappa shape index (κ3) is 45.8. The fourth-order valence-electron chi connectivity index (χ4n) is 0. The quantitative estimate of drug-likeness (QED) is 0.543. The van der Waals surface area contributed by atoms with Gasteiger partial charge in [0.1, 0.15) is 0 Å². The first-order valence-corrected chi connectivity index (χ1v) is 0.670.